The van der Waals surface area contributed by atoms with Crippen molar-refractivity contribution in [3.63, 3.8) is 0 Å². The number of fused-ring (bicyclic) bond motifs is 2. The third-order valence-electron chi connectivity index (χ3n) is 4.62. The van der Waals surface area contributed by atoms with Crippen LogP contribution in [0.4, 0.5) is 25.8 Å². The first-order chi connectivity index (χ1) is 14.1. The standard InChI is InChI=1S/C20H12F2N2O5S.Na.H/c21-9-5-10(22)7-11(6-9)24-14-8-15(30(27,28)29)18(23)17-16(14)19(25)12-3-1-2-4-13(12)20(17)26;;/h1-8,24H,23H2,(H,27,28,29);;. The molecule has 4 rings (SSSR count). The molecule has 7 nitrogen and oxygen atoms in total. The summed E-state index contributed by atoms with van der Waals surface area (Å²) in [5, 5.41) is 2.55. The molecule has 0 amide bonds. The Morgan fingerprint density at radius 2 is 1.39 bits per heavy atom. The zero-order valence-electron chi connectivity index (χ0n) is 14.9. The molecular formula is C20H13F2N2NaO5S. The Morgan fingerprint density at radius 1 is 0.871 bits per heavy atom. The number of benzene rings is 3. The van der Waals surface area contributed by atoms with E-state index in [1.807, 2.05) is 0 Å². The minimum absolute atomic E-state index is 0. The van der Waals surface area contributed by atoms with Crippen LogP contribution >= 0.6 is 0 Å². The van der Waals surface area contributed by atoms with Gasteiger partial charge in [0, 0.05) is 22.9 Å². The number of ketones is 2. The Morgan fingerprint density at radius 3 is 1.90 bits per heavy atom. The molecule has 1 aliphatic rings. The maximum atomic E-state index is 13.6. The van der Waals surface area contributed by atoms with Gasteiger partial charge < -0.3 is 11.1 Å². The van der Waals surface area contributed by atoms with Crippen LogP contribution in [0.3, 0.4) is 0 Å². The summed E-state index contributed by atoms with van der Waals surface area (Å²) in [5.41, 5.74) is 4.21. The van der Waals surface area contributed by atoms with Gasteiger partial charge in [-0.05, 0) is 18.2 Å². The summed E-state index contributed by atoms with van der Waals surface area (Å²) in [5.74, 6) is -3.22. The van der Waals surface area contributed by atoms with Crippen LogP contribution in [-0.2, 0) is 10.1 Å². The molecule has 0 aliphatic heterocycles. The van der Waals surface area contributed by atoms with Gasteiger partial charge in [-0.3, -0.25) is 14.1 Å². The number of carbonyl (C=O) groups is 2. The van der Waals surface area contributed by atoms with Crippen LogP contribution < -0.4 is 11.1 Å². The number of halogens is 2. The Hall–Kier alpha value is -2.63. The summed E-state index contributed by atoms with van der Waals surface area (Å²) >= 11 is 0. The van der Waals surface area contributed by atoms with Crippen molar-refractivity contribution >= 4 is 68.3 Å². The molecule has 3 aromatic carbocycles. The second kappa shape index (κ2) is 8.13. The number of nitrogen functional groups attached to an aromatic ring is 1. The summed E-state index contributed by atoms with van der Waals surface area (Å²) in [6.07, 6.45) is 0. The molecule has 0 saturated carbocycles. The molecule has 11 heteroatoms. The van der Waals surface area contributed by atoms with Crippen molar-refractivity contribution < 1.29 is 31.3 Å². The van der Waals surface area contributed by atoms with E-state index in [1.54, 1.807) is 6.07 Å². The first kappa shape index (κ1) is 23.0. The SMILES string of the molecule is Nc1c(S(=O)(=O)O)cc(Nc2cc(F)cc(F)c2)c2c1C(=O)c1ccccc1C2=O.[NaH]. The number of carbonyl (C=O) groups excluding carboxylic acids is 2. The number of nitrogens with one attached hydrogen (secondary N) is 1. The van der Waals surface area contributed by atoms with Gasteiger partial charge in [0.2, 0.25) is 0 Å². The van der Waals surface area contributed by atoms with Crippen molar-refractivity contribution in [1.29, 1.82) is 0 Å². The predicted molar refractivity (Wildman–Crippen MR) is 111 cm³/mol. The molecule has 4 N–H and O–H groups in total. The third-order valence-corrected chi connectivity index (χ3v) is 5.51. The van der Waals surface area contributed by atoms with E-state index in [4.69, 9.17) is 5.73 Å². The van der Waals surface area contributed by atoms with E-state index in [0.717, 1.165) is 18.2 Å². The van der Waals surface area contributed by atoms with Gasteiger partial charge in [-0.1, -0.05) is 24.3 Å². The van der Waals surface area contributed by atoms with Crippen molar-refractivity contribution in [2.75, 3.05) is 11.1 Å². The van der Waals surface area contributed by atoms with Crippen LogP contribution in [-0.4, -0.2) is 54.1 Å². The first-order valence-corrected chi connectivity index (χ1v) is 9.87. The first-order valence-electron chi connectivity index (χ1n) is 8.43. The number of rotatable bonds is 3. The van der Waals surface area contributed by atoms with Crippen molar-refractivity contribution in [1.82, 2.24) is 0 Å². The van der Waals surface area contributed by atoms with Gasteiger partial charge >= 0.3 is 29.6 Å². The molecule has 0 bridgehead atoms. The molecule has 0 spiro atoms. The van der Waals surface area contributed by atoms with E-state index in [2.05, 4.69) is 5.32 Å². The number of nitrogens with two attached hydrogens (primary N) is 1. The van der Waals surface area contributed by atoms with Gasteiger partial charge in [-0.25, -0.2) is 8.78 Å². The minimum atomic E-state index is -4.89. The zero-order chi connectivity index (χ0) is 21.8. The summed E-state index contributed by atoms with van der Waals surface area (Å²) < 4.78 is 60.3. The molecule has 3 aromatic rings. The van der Waals surface area contributed by atoms with Crippen LogP contribution in [0.5, 0.6) is 0 Å². The fraction of sp³-hybridized carbons (Fsp3) is 0. The molecule has 0 heterocycles. The van der Waals surface area contributed by atoms with Gasteiger partial charge in [0.25, 0.3) is 10.1 Å². The molecule has 0 unspecified atom stereocenters. The molecule has 0 aromatic heterocycles. The number of hydrogen-bond donors (Lipinski definition) is 3. The van der Waals surface area contributed by atoms with E-state index in [-0.39, 0.29) is 57.6 Å². The predicted octanol–water partition coefficient (Wildman–Crippen LogP) is 2.66. The zero-order valence-corrected chi connectivity index (χ0v) is 15.8. The summed E-state index contributed by atoms with van der Waals surface area (Å²) in [4.78, 5) is 25.3. The van der Waals surface area contributed by atoms with Crippen molar-refractivity contribution in [3.05, 3.63) is 82.4 Å². The van der Waals surface area contributed by atoms with Gasteiger partial charge in [-0.2, -0.15) is 8.42 Å². The number of hydrogen-bond acceptors (Lipinski definition) is 6. The molecule has 0 fully saturated rings. The molecule has 1 aliphatic carbocycles. The number of anilines is 3. The molecule has 0 atom stereocenters. The average Bonchev–Trinajstić information content (AvgIpc) is 2.65. The van der Waals surface area contributed by atoms with Crippen LogP contribution in [0.15, 0.2) is 53.4 Å². The Kier molecular flexibility index (Phi) is 6.05. The molecular weight excluding hydrogens is 441 g/mol. The third kappa shape index (κ3) is 4.00. The normalized spacial score (nSPS) is 12.6. The quantitative estimate of drug-likeness (QED) is 0.247. The van der Waals surface area contributed by atoms with E-state index >= 15 is 0 Å². The van der Waals surface area contributed by atoms with Crippen molar-refractivity contribution in [2.45, 2.75) is 4.90 Å². The van der Waals surface area contributed by atoms with E-state index < -0.39 is 49.5 Å². The van der Waals surface area contributed by atoms with E-state index in [1.165, 1.54) is 18.2 Å². The molecule has 0 saturated heterocycles. The topological polar surface area (TPSA) is 127 Å². The monoisotopic (exact) mass is 454 g/mol. The Labute approximate surface area is 197 Å². The fourth-order valence-electron chi connectivity index (χ4n) is 3.39. The second-order valence-corrected chi connectivity index (χ2v) is 7.94. The molecule has 0 radical (unpaired) electrons. The second-order valence-electron chi connectivity index (χ2n) is 6.55. The van der Waals surface area contributed by atoms with Gasteiger partial charge in [0.05, 0.1) is 22.5 Å². The Bertz CT molecular complexity index is 1360. The van der Waals surface area contributed by atoms with E-state index in [9.17, 15) is 31.3 Å². The fourth-order valence-corrected chi connectivity index (χ4v) is 4.03. The maximum absolute atomic E-state index is 13.6. The van der Waals surface area contributed by atoms with Crippen molar-refractivity contribution in [3.8, 4) is 0 Å². The summed E-state index contributed by atoms with van der Waals surface area (Å²) in [6, 6.07) is 9.13. The molecule has 154 valence electrons. The van der Waals surface area contributed by atoms with Crippen molar-refractivity contribution in [2.24, 2.45) is 0 Å². The summed E-state index contributed by atoms with van der Waals surface area (Å²) in [6.45, 7) is 0. The van der Waals surface area contributed by atoms with Crippen LogP contribution in [0.2, 0.25) is 0 Å². The van der Waals surface area contributed by atoms with Gasteiger partial charge in [-0.15, -0.1) is 0 Å². The van der Waals surface area contributed by atoms with Gasteiger partial charge in [0.15, 0.2) is 11.6 Å². The summed E-state index contributed by atoms with van der Waals surface area (Å²) in [7, 11) is -4.89. The van der Waals surface area contributed by atoms with Crippen LogP contribution in [0.25, 0.3) is 0 Å². The molecule has 31 heavy (non-hydrogen) atoms. The van der Waals surface area contributed by atoms with E-state index in [0.29, 0.717) is 6.07 Å². The van der Waals surface area contributed by atoms with Crippen LogP contribution in [0, 0.1) is 11.6 Å². The average molecular weight is 454 g/mol. The van der Waals surface area contributed by atoms with Gasteiger partial charge in [0.1, 0.15) is 16.5 Å². The van der Waals surface area contributed by atoms with Crippen LogP contribution in [0.1, 0.15) is 31.8 Å². The Balaban J connectivity index is 0.00000272.